The minimum absolute atomic E-state index is 0.191. The van der Waals surface area contributed by atoms with E-state index in [2.05, 4.69) is 31.0 Å². The van der Waals surface area contributed by atoms with E-state index >= 15 is 0 Å². The van der Waals surface area contributed by atoms with Crippen LogP contribution in [0.5, 0.6) is 0 Å². The lowest BCUT2D eigenvalue weighted by molar-refractivity contribution is -0.178. The summed E-state index contributed by atoms with van der Waals surface area (Å²) < 4.78 is 6.30. The molecule has 20 heavy (non-hydrogen) atoms. The van der Waals surface area contributed by atoms with Gasteiger partial charge in [-0.15, -0.1) is 0 Å². The molecule has 0 aromatic rings. The van der Waals surface area contributed by atoms with E-state index in [1.807, 2.05) is 0 Å². The van der Waals surface area contributed by atoms with Crippen molar-refractivity contribution in [2.75, 3.05) is 11.5 Å². The molecule has 0 amide bonds. The van der Waals surface area contributed by atoms with Crippen LogP contribution < -0.4 is 0 Å². The topological polar surface area (TPSA) is 26.3 Å². The number of ether oxygens (including phenoxy) is 1. The first-order valence-corrected chi connectivity index (χ1v) is 9.21. The molecule has 4 fully saturated rings. The normalized spacial score (nSPS) is 41.7. The van der Waals surface area contributed by atoms with Gasteiger partial charge in [-0.05, 0) is 56.6 Å². The molecule has 4 heteroatoms. The van der Waals surface area contributed by atoms with E-state index in [1.54, 1.807) is 6.92 Å². The maximum Gasteiger partial charge on any atom is 0.333 e. The second-order valence-corrected chi connectivity index (χ2v) is 9.08. The summed E-state index contributed by atoms with van der Waals surface area (Å²) in [6, 6.07) is 0. The van der Waals surface area contributed by atoms with E-state index in [9.17, 15) is 4.79 Å². The van der Waals surface area contributed by atoms with Gasteiger partial charge >= 0.3 is 5.97 Å². The highest BCUT2D eigenvalue weighted by Crippen LogP contribution is 2.63. The number of esters is 1. The molecule has 0 N–H and O–H groups in total. The fourth-order valence-electron chi connectivity index (χ4n) is 4.93. The van der Waals surface area contributed by atoms with Crippen molar-refractivity contribution in [1.29, 1.82) is 0 Å². The van der Waals surface area contributed by atoms with Crippen LogP contribution in [0, 0.1) is 11.8 Å². The van der Waals surface area contributed by atoms with Crippen molar-refractivity contribution in [3.05, 3.63) is 12.2 Å². The van der Waals surface area contributed by atoms with Gasteiger partial charge in [0.05, 0.1) is 0 Å². The molecule has 2 unspecified atom stereocenters. The maximum absolute atomic E-state index is 12.0. The third kappa shape index (κ3) is 2.66. The van der Waals surface area contributed by atoms with Gasteiger partial charge in [0, 0.05) is 22.5 Å². The molecule has 4 rings (SSSR count). The molecule has 0 heterocycles. The first-order valence-electron chi connectivity index (χ1n) is 7.60. The van der Waals surface area contributed by atoms with Crippen molar-refractivity contribution in [1.82, 2.24) is 0 Å². The van der Waals surface area contributed by atoms with Crippen LogP contribution in [0.15, 0.2) is 12.2 Å². The third-order valence-electron chi connectivity index (χ3n) is 5.11. The van der Waals surface area contributed by atoms with E-state index in [4.69, 9.17) is 4.74 Å². The Bertz CT molecular complexity index is 418. The van der Waals surface area contributed by atoms with Gasteiger partial charge in [0.15, 0.2) is 0 Å². The summed E-state index contributed by atoms with van der Waals surface area (Å²) in [4.78, 5) is 12.0. The SMILES string of the molecule is C=C(C)C(=O)OC12CC3CC(C1)CC(SCCS)(C3)C2. The van der Waals surface area contributed by atoms with Gasteiger partial charge in [-0.3, -0.25) is 0 Å². The summed E-state index contributed by atoms with van der Waals surface area (Å²) >= 11 is 6.43. The van der Waals surface area contributed by atoms with Gasteiger partial charge in [-0.1, -0.05) is 6.58 Å². The highest BCUT2D eigenvalue weighted by molar-refractivity contribution is 8.01. The monoisotopic (exact) mass is 312 g/mol. The van der Waals surface area contributed by atoms with Crippen LogP contribution in [0.4, 0.5) is 0 Å². The van der Waals surface area contributed by atoms with Crippen LogP contribution >= 0.6 is 24.4 Å². The summed E-state index contributed by atoms with van der Waals surface area (Å²) in [7, 11) is 0. The lowest BCUT2D eigenvalue weighted by Crippen LogP contribution is -2.59. The van der Waals surface area contributed by atoms with E-state index in [1.165, 1.54) is 19.3 Å². The van der Waals surface area contributed by atoms with Gasteiger partial charge in [0.1, 0.15) is 5.60 Å². The zero-order valence-corrected chi connectivity index (χ0v) is 13.9. The molecule has 0 radical (unpaired) electrons. The third-order valence-corrected chi connectivity index (χ3v) is 7.14. The number of hydrogen-bond donors (Lipinski definition) is 1. The highest BCUT2D eigenvalue weighted by atomic mass is 32.2. The average molecular weight is 312 g/mol. The minimum atomic E-state index is -0.193. The molecule has 0 aromatic carbocycles. The molecule has 0 spiro atoms. The molecule has 0 aromatic heterocycles. The molecule has 2 nitrogen and oxygen atoms in total. The van der Waals surface area contributed by atoms with Crippen molar-refractivity contribution < 1.29 is 9.53 Å². The number of thioether (sulfide) groups is 1. The van der Waals surface area contributed by atoms with Crippen LogP contribution in [-0.4, -0.2) is 27.8 Å². The predicted molar refractivity (Wildman–Crippen MR) is 87.4 cm³/mol. The Hall–Kier alpha value is -0.0900. The van der Waals surface area contributed by atoms with Crippen molar-refractivity contribution in [2.24, 2.45) is 11.8 Å². The second-order valence-electron chi connectivity index (χ2n) is 7.07. The first-order chi connectivity index (χ1) is 9.46. The molecule has 4 bridgehead atoms. The molecule has 0 saturated heterocycles. The largest absolute Gasteiger partial charge is 0.456 e. The summed E-state index contributed by atoms with van der Waals surface area (Å²) in [5.41, 5.74) is 0.335. The van der Waals surface area contributed by atoms with Gasteiger partial charge in [0.2, 0.25) is 0 Å². The predicted octanol–water partition coefficient (Wildman–Crippen LogP) is 3.86. The Balaban J connectivity index is 1.79. The van der Waals surface area contributed by atoms with E-state index in [-0.39, 0.29) is 11.6 Å². The Morgan fingerprint density at radius 1 is 1.35 bits per heavy atom. The van der Waals surface area contributed by atoms with Crippen molar-refractivity contribution in [3.8, 4) is 0 Å². The molecule has 4 saturated carbocycles. The second kappa shape index (κ2) is 5.28. The Morgan fingerprint density at radius 2 is 2.00 bits per heavy atom. The molecule has 4 aliphatic carbocycles. The maximum atomic E-state index is 12.0. The van der Waals surface area contributed by atoms with Crippen molar-refractivity contribution in [2.45, 2.75) is 55.8 Å². The summed E-state index contributed by atoms with van der Waals surface area (Å²) in [5.74, 6) is 3.34. The number of rotatable bonds is 5. The summed E-state index contributed by atoms with van der Waals surface area (Å²) in [6.45, 7) is 5.47. The van der Waals surface area contributed by atoms with Gasteiger partial charge in [-0.2, -0.15) is 24.4 Å². The smallest absolute Gasteiger partial charge is 0.333 e. The van der Waals surface area contributed by atoms with Crippen molar-refractivity contribution >= 4 is 30.4 Å². The molecule has 2 atom stereocenters. The molecule has 112 valence electrons. The zero-order valence-electron chi connectivity index (χ0n) is 12.2. The number of hydrogen-bond acceptors (Lipinski definition) is 4. The van der Waals surface area contributed by atoms with Crippen LogP contribution in [0.2, 0.25) is 0 Å². The zero-order chi connectivity index (χ0) is 14.4. The fourth-order valence-corrected chi connectivity index (χ4v) is 6.80. The lowest BCUT2D eigenvalue weighted by atomic mass is 9.53. The number of thiol groups is 1. The number of carbonyl (C=O) groups excluding carboxylic acids is 1. The van der Waals surface area contributed by atoms with Crippen LogP contribution in [0.25, 0.3) is 0 Å². The Morgan fingerprint density at radius 3 is 2.55 bits per heavy atom. The van der Waals surface area contributed by atoms with E-state index < -0.39 is 0 Å². The molecule has 4 aliphatic rings. The van der Waals surface area contributed by atoms with Crippen LogP contribution in [-0.2, 0) is 9.53 Å². The minimum Gasteiger partial charge on any atom is -0.456 e. The Kier molecular flexibility index (Phi) is 3.91. The quantitative estimate of drug-likeness (QED) is 0.474. The summed E-state index contributed by atoms with van der Waals surface area (Å²) in [5, 5.41) is 0. The van der Waals surface area contributed by atoms with Crippen LogP contribution in [0.1, 0.15) is 45.4 Å². The average Bonchev–Trinajstić information content (AvgIpc) is 2.34. The fraction of sp³-hybridized carbons (Fsp3) is 0.812. The lowest BCUT2D eigenvalue weighted by Gasteiger charge is -2.61. The Labute approximate surface area is 131 Å². The molecular weight excluding hydrogens is 288 g/mol. The van der Waals surface area contributed by atoms with Gasteiger partial charge < -0.3 is 4.74 Å². The van der Waals surface area contributed by atoms with E-state index in [0.717, 1.165) is 42.6 Å². The van der Waals surface area contributed by atoms with E-state index in [0.29, 0.717) is 10.3 Å². The summed E-state index contributed by atoms with van der Waals surface area (Å²) in [6.07, 6.45) is 7.17. The first kappa shape index (κ1) is 14.8. The standard InChI is InChI=1S/C16H24O2S2/c1-11(2)14(17)18-15-6-12-5-13(7-15)9-16(8-12,10-15)20-4-3-19/h12-13,19H,1,3-10H2,2H3. The van der Waals surface area contributed by atoms with Crippen LogP contribution in [0.3, 0.4) is 0 Å². The van der Waals surface area contributed by atoms with Crippen molar-refractivity contribution in [3.63, 3.8) is 0 Å². The van der Waals surface area contributed by atoms with Gasteiger partial charge in [-0.25, -0.2) is 4.79 Å². The molecule has 0 aliphatic heterocycles. The highest BCUT2D eigenvalue weighted by Gasteiger charge is 2.59. The molecular formula is C16H24O2S2. The number of carbonyl (C=O) groups is 1. The van der Waals surface area contributed by atoms with Gasteiger partial charge in [0.25, 0.3) is 0 Å².